The van der Waals surface area contributed by atoms with E-state index in [4.69, 9.17) is 0 Å². The molecule has 2 atom stereocenters. The van der Waals surface area contributed by atoms with Gasteiger partial charge in [0.2, 0.25) is 0 Å². The number of nitrogens with one attached hydrogen (secondary N) is 1. The van der Waals surface area contributed by atoms with Crippen molar-refractivity contribution < 1.29 is 4.92 Å². The van der Waals surface area contributed by atoms with Crippen LogP contribution in [0.25, 0.3) is 0 Å². The standard InChI is InChI=1S/C19H22N2O2/c1-2-18(16-9-6-10-17(13-16)21(22)23)20-19(15-11-12-15)14-7-4-3-5-8-14/h3-10,13,15,18-20H,2,11-12H2,1H3. The first-order valence-corrected chi connectivity index (χ1v) is 8.24. The molecule has 0 amide bonds. The predicted molar refractivity (Wildman–Crippen MR) is 91.2 cm³/mol. The molecule has 0 heterocycles. The van der Waals surface area contributed by atoms with Crippen LogP contribution >= 0.6 is 0 Å². The first kappa shape index (κ1) is 15.7. The van der Waals surface area contributed by atoms with Gasteiger partial charge in [0.15, 0.2) is 0 Å². The summed E-state index contributed by atoms with van der Waals surface area (Å²) in [5.74, 6) is 0.671. The fourth-order valence-electron chi connectivity index (χ4n) is 3.12. The largest absolute Gasteiger partial charge is 0.303 e. The SMILES string of the molecule is CCC(NC(c1ccccc1)C1CC1)c1cccc([N+](=O)[O-])c1. The second-order valence-corrected chi connectivity index (χ2v) is 6.21. The Morgan fingerprint density at radius 2 is 1.83 bits per heavy atom. The first-order chi connectivity index (χ1) is 11.2. The topological polar surface area (TPSA) is 55.2 Å². The van der Waals surface area contributed by atoms with Crippen molar-refractivity contribution in [2.75, 3.05) is 0 Å². The molecule has 1 fully saturated rings. The first-order valence-electron chi connectivity index (χ1n) is 8.24. The van der Waals surface area contributed by atoms with Gasteiger partial charge < -0.3 is 5.32 Å². The molecule has 1 saturated carbocycles. The van der Waals surface area contributed by atoms with Gasteiger partial charge >= 0.3 is 0 Å². The Labute approximate surface area is 136 Å². The normalized spacial score (nSPS) is 16.7. The zero-order valence-corrected chi connectivity index (χ0v) is 13.3. The summed E-state index contributed by atoms with van der Waals surface area (Å²) in [4.78, 5) is 10.7. The number of hydrogen-bond acceptors (Lipinski definition) is 3. The maximum atomic E-state index is 11.0. The number of hydrogen-bond donors (Lipinski definition) is 1. The number of benzene rings is 2. The molecule has 2 aromatic rings. The Bertz CT molecular complexity index is 668. The maximum absolute atomic E-state index is 11.0. The lowest BCUT2D eigenvalue weighted by molar-refractivity contribution is -0.384. The van der Waals surface area contributed by atoms with Crippen LogP contribution in [-0.4, -0.2) is 4.92 Å². The summed E-state index contributed by atoms with van der Waals surface area (Å²) < 4.78 is 0. The van der Waals surface area contributed by atoms with E-state index < -0.39 is 0 Å². The van der Waals surface area contributed by atoms with Gasteiger partial charge in [0.05, 0.1) is 4.92 Å². The summed E-state index contributed by atoms with van der Waals surface area (Å²) in [6.07, 6.45) is 3.40. The molecular weight excluding hydrogens is 288 g/mol. The molecule has 0 spiro atoms. The summed E-state index contributed by atoms with van der Waals surface area (Å²) in [6.45, 7) is 2.12. The summed E-state index contributed by atoms with van der Waals surface area (Å²) >= 11 is 0. The van der Waals surface area contributed by atoms with E-state index in [2.05, 4.69) is 36.5 Å². The molecule has 0 saturated heterocycles. The minimum atomic E-state index is -0.328. The quantitative estimate of drug-likeness (QED) is 0.591. The van der Waals surface area contributed by atoms with E-state index >= 15 is 0 Å². The van der Waals surface area contributed by atoms with Crippen molar-refractivity contribution in [2.24, 2.45) is 5.92 Å². The third-order valence-corrected chi connectivity index (χ3v) is 4.52. The zero-order valence-electron chi connectivity index (χ0n) is 13.3. The highest BCUT2D eigenvalue weighted by atomic mass is 16.6. The highest BCUT2D eigenvalue weighted by Crippen LogP contribution is 2.42. The third kappa shape index (κ3) is 3.77. The van der Waals surface area contributed by atoms with Crippen LogP contribution in [0.4, 0.5) is 5.69 Å². The van der Waals surface area contributed by atoms with Gasteiger partial charge in [-0.05, 0) is 36.3 Å². The van der Waals surface area contributed by atoms with E-state index in [1.54, 1.807) is 18.2 Å². The van der Waals surface area contributed by atoms with Crippen LogP contribution in [0.15, 0.2) is 54.6 Å². The minimum Gasteiger partial charge on any atom is -0.303 e. The lowest BCUT2D eigenvalue weighted by Gasteiger charge is -2.26. The Kier molecular flexibility index (Phi) is 4.72. The van der Waals surface area contributed by atoms with Crippen molar-refractivity contribution in [1.82, 2.24) is 5.32 Å². The maximum Gasteiger partial charge on any atom is 0.269 e. The Balaban J connectivity index is 1.83. The molecule has 0 aromatic heterocycles. The molecular formula is C19H22N2O2. The monoisotopic (exact) mass is 310 g/mol. The van der Waals surface area contributed by atoms with Crippen LogP contribution in [0.5, 0.6) is 0 Å². The summed E-state index contributed by atoms with van der Waals surface area (Å²) in [5.41, 5.74) is 2.45. The Morgan fingerprint density at radius 1 is 1.13 bits per heavy atom. The smallest absolute Gasteiger partial charge is 0.269 e. The highest BCUT2D eigenvalue weighted by Gasteiger charge is 2.33. The van der Waals surface area contributed by atoms with Crippen molar-refractivity contribution in [2.45, 2.75) is 38.3 Å². The van der Waals surface area contributed by atoms with Gasteiger partial charge in [0.25, 0.3) is 5.69 Å². The fraction of sp³-hybridized carbons (Fsp3) is 0.368. The molecule has 4 nitrogen and oxygen atoms in total. The average Bonchev–Trinajstić information content (AvgIpc) is 3.42. The van der Waals surface area contributed by atoms with E-state index in [9.17, 15) is 10.1 Å². The van der Waals surface area contributed by atoms with Crippen LogP contribution in [-0.2, 0) is 0 Å². The molecule has 0 bridgehead atoms. The third-order valence-electron chi connectivity index (χ3n) is 4.52. The van der Waals surface area contributed by atoms with Crippen molar-refractivity contribution in [3.8, 4) is 0 Å². The van der Waals surface area contributed by atoms with Gasteiger partial charge in [0.1, 0.15) is 0 Å². The second-order valence-electron chi connectivity index (χ2n) is 6.21. The average molecular weight is 310 g/mol. The van der Waals surface area contributed by atoms with Gasteiger partial charge in [-0.25, -0.2) is 0 Å². The summed E-state index contributed by atoms with van der Waals surface area (Å²) in [6, 6.07) is 17.9. The second kappa shape index (κ2) is 6.92. The molecule has 1 aliphatic carbocycles. The molecule has 120 valence electrons. The minimum absolute atomic E-state index is 0.126. The van der Waals surface area contributed by atoms with Crippen LogP contribution in [0, 0.1) is 16.0 Å². The van der Waals surface area contributed by atoms with Crippen molar-refractivity contribution >= 4 is 5.69 Å². The number of non-ortho nitro benzene ring substituents is 1. The van der Waals surface area contributed by atoms with Crippen LogP contribution in [0.3, 0.4) is 0 Å². The van der Waals surface area contributed by atoms with E-state index in [0.29, 0.717) is 12.0 Å². The molecule has 1 N–H and O–H groups in total. The molecule has 23 heavy (non-hydrogen) atoms. The van der Waals surface area contributed by atoms with Crippen molar-refractivity contribution in [3.63, 3.8) is 0 Å². The molecule has 2 unspecified atom stereocenters. The van der Waals surface area contributed by atoms with Crippen molar-refractivity contribution in [3.05, 3.63) is 75.8 Å². The van der Waals surface area contributed by atoms with Gasteiger partial charge in [-0.15, -0.1) is 0 Å². The van der Waals surface area contributed by atoms with Crippen molar-refractivity contribution in [1.29, 1.82) is 0 Å². The Hall–Kier alpha value is -2.20. The number of nitro benzene ring substituents is 1. The van der Waals surface area contributed by atoms with E-state index in [1.807, 2.05) is 12.1 Å². The number of nitro groups is 1. The van der Waals surface area contributed by atoms with Crippen LogP contribution in [0.2, 0.25) is 0 Å². The van der Waals surface area contributed by atoms with Gasteiger partial charge in [-0.2, -0.15) is 0 Å². The molecule has 1 aliphatic rings. The van der Waals surface area contributed by atoms with Gasteiger partial charge in [0, 0.05) is 24.2 Å². The molecule has 0 radical (unpaired) electrons. The van der Waals surface area contributed by atoms with Gasteiger partial charge in [-0.1, -0.05) is 49.4 Å². The van der Waals surface area contributed by atoms with E-state index in [1.165, 1.54) is 18.4 Å². The highest BCUT2D eigenvalue weighted by molar-refractivity contribution is 5.36. The molecule has 3 rings (SSSR count). The van der Waals surface area contributed by atoms with Gasteiger partial charge in [-0.3, -0.25) is 10.1 Å². The zero-order chi connectivity index (χ0) is 16.2. The molecule has 2 aromatic carbocycles. The lowest BCUT2D eigenvalue weighted by Crippen LogP contribution is -2.27. The van der Waals surface area contributed by atoms with E-state index in [0.717, 1.165) is 12.0 Å². The fourth-order valence-corrected chi connectivity index (χ4v) is 3.12. The predicted octanol–water partition coefficient (Wildman–Crippen LogP) is 4.79. The summed E-state index contributed by atoms with van der Waals surface area (Å²) in [5, 5.41) is 14.8. The van der Waals surface area contributed by atoms with Crippen LogP contribution in [0.1, 0.15) is 49.4 Å². The van der Waals surface area contributed by atoms with Crippen LogP contribution < -0.4 is 5.32 Å². The number of nitrogens with zero attached hydrogens (tertiary/aromatic N) is 1. The lowest BCUT2D eigenvalue weighted by atomic mass is 9.97. The van der Waals surface area contributed by atoms with E-state index in [-0.39, 0.29) is 16.7 Å². The number of rotatable bonds is 7. The summed E-state index contributed by atoms with van der Waals surface area (Å²) in [7, 11) is 0. The molecule has 4 heteroatoms. The Morgan fingerprint density at radius 3 is 2.43 bits per heavy atom. The molecule has 0 aliphatic heterocycles.